The van der Waals surface area contributed by atoms with E-state index in [2.05, 4.69) is 19.2 Å². The van der Waals surface area contributed by atoms with E-state index in [1.165, 1.54) is 0 Å². The van der Waals surface area contributed by atoms with Crippen molar-refractivity contribution in [2.24, 2.45) is 0 Å². The van der Waals surface area contributed by atoms with E-state index in [4.69, 9.17) is 0 Å². The second-order valence-electron chi connectivity index (χ2n) is 3.34. The van der Waals surface area contributed by atoms with Crippen molar-refractivity contribution in [1.82, 2.24) is 0 Å². The SMILES string of the molecule is CC(C)SC=CC(=O)Nc1ccccc1. The maximum Gasteiger partial charge on any atom is 0.248 e. The number of hydrogen-bond donors (Lipinski definition) is 1. The molecular weight excluding hydrogens is 206 g/mol. The number of benzene rings is 1. The summed E-state index contributed by atoms with van der Waals surface area (Å²) in [5, 5.41) is 5.10. The van der Waals surface area contributed by atoms with Gasteiger partial charge in [0.1, 0.15) is 0 Å². The fourth-order valence-electron chi connectivity index (χ4n) is 0.964. The lowest BCUT2D eigenvalue weighted by atomic mass is 10.3. The van der Waals surface area contributed by atoms with E-state index in [9.17, 15) is 4.79 Å². The maximum absolute atomic E-state index is 11.4. The Kier molecular flexibility index (Phi) is 4.98. The van der Waals surface area contributed by atoms with Crippen LogP contribution in [0.5, 0.6) is 0 Å². The molecule has 2 nitrogen and oxygen atoms in total. The molecule has 0 bridgehead atoms. The molecule has 1 aromatic carbocycles. The summed E-state index contributed by atoms with van der Waals surface area (Å²) in [6.45, 7) is 4.17. The van der Waals surface area contributed by atoms with Crippen LogP contribution in [-0.2, 0) is 4.79 Å². The average Bonchev–Trinajstić information content (AvgIpc) is 2.18. The molecule has 0 fully saturated rings. The molecule has 1 rings (SSSR count). The predicted molar refractivity (Wildman–Crippen MR) is 66.9 cm³/mol. The van der Waals surface area contributed by atoms with Crippen LogP contribution in [-0.4, -0.2) is 11.2 Å². The Morgan fingerprint density at radius 2 is 2.00 bits per heavy atom. The largest absolute Gasteiger partial charge is 0.322 e. The summed E-state index contributed by atoms with van der Waals surface area (Å²) < 4.78 is 0. The number of anilines is 1. The Morgan fingerprint density at radius 1 is 1.33 bits per heavy atom. The lowest BCUT2D eigenvalue weighted by Gasteiger charge is -2.01. The van der Waals surface area contributed by atoms with E-state index in [-0.39, 0.29) is 5.91 Å². The Morgan fingerprint density at radius 3 is 2.60 bits per heavy atom. The van der Waals surface area contributed by atoms with Gasteiger partial charge in [-0.15, -0.1) is 11.8 Å². The van der Waals surface area contributed by atoms with Crippen LogP contribution >= 0.6 is 11.8 Å². The van der Waals surface area contributed by atoms with Gasteiger partial charge in [0.15, 0.2) is 0 Å². The fourth-order valence-corrected chi connectivity index (χ4v) is 1.48. The summed E-state index contributed by atoms with van der Waals surface area (Å²) in [6, 6.07) is 9.42. The number of hydrogen-bond acceptors (Lipinski definition) is 2. The summed E-state index contributed by atoms with van der Waals surface area (Å²) in [4.78, 5) is 11.4. The van der Waals surface area contributed by atoms with E-state index in [1.807, 2.05) is 35.7 Å². The van der Waals surface area contributed by atoms with Crippen LogP contribution in [0.25, 0.3) is 0 Å². The van der Waals surface area contributed by atoms with Crippen LogP contribution in [0.2, 0.25) is 0 Å². The lowest BCUT2D eigenvalue weighted by Crippen LogP contribution is -2.07. The molecule has 0 unspecified atom stereocenters. The maximum atomic E-state index is 11.4. The highest BCUT2D eigenvalue weighted by molar-refractivity contribution is 8.02. The fraction of sp³-hybridized carbons (Fsp3) is 0.250. The third-order valence-electron chi connectivity index (χ3n) is 1.61. The van der Waals surface area contributed by atoms with E-state index in [1.54, 1.807) is 17.8 Å². The molecule has 80 valence electrons. The first kappa shape index (κ1) is 11.9. The van der Waals surface area contributed by atoms with Crippen LogP contribution < -0.4 is 5.32 Å². The van der Waals surface area contributed by atoms with Gasteiger partial charge in [0, 0.05) is 17.0 Å². The molecule has 0 aromatic heterocycles. The third kappa shape index (κ3) is 5.27. The standard InChI is InChI=1S/C12H15NOS/c1-10(2)15-9-8-12(14)13-11-6-4-3-5-7-11/h3-10H,1-2H3,(H,13,14). The van der Waals surface area contributed by atoms with E-state index < -0.39 is 0 Å². The molecule has 0 spiro atoms. The van der Waals surface area contributed by atoms with Crippen LogP contribution in [0, 0.1) is 0 Å². The summed E-state index contributed by atoms with van der Waals surface area (Å²) in [7, 11) is 0. The van der Waals surface area contributed by atoms with Crippen molar-refractivity contribution in [1.29, 1.82) is 0 Å². The molecule has 0 atom stereocenters. The van der Waals surface area contributed by atoms with Crippen molar-refractivity contribution < 1.29 is 4.79 Å². The highest BCUT2D eigenvalue weighted by atomic mass is 32.2. The molecule has 0 aliphatic carbocycles. The van der Waals surface area contributed by atoms with Gasteiger partial charge in [0.2, 0.25) is 5.91 Å². The van der Waals surface area contributed by atoms with Crippen LogP contribution in [0.4, 0.5) is 5.69 Å². The first-order chi connectivity index (χ1) is 7.18. The summed E-state index contributed by atoms with van der Waals surface area (Å²) in [5.74, 6) is -0.0886. The van der Waals surface area contributed by atoms with Crippen LogP contribution in [0.1, 0.15) is 13.8 Å². The number of nitrogens with one attached hydrogen (secondary N) is 1. The minimum absolute atomic E-state index is 0.0886. The van der Waals surface area contributed by atoms with Crippen molar-refractivity contribution in [2.45, 2.75) is 19.1 Å². The van der Waals surface area contributed by atoms with Crippen molar-refractivity contribution in [3.05, 3.63) is 41.8 Å². The van der Waals surface area contributed by atoms with Gasteiger partial charge in [-0.2, -0.15) is 0 Å². The zero-order valence-electron chi connectivity index (χ0n) is 8.94. The van der Waals surface area contributed by atoms with Crippen LogP contribution in [0.3, 0.4) is 0 Å². The molecule has 1 amide bonds. The summed E-state index contributed by atoms with van der Waals surface area (Å²) in [5.41, 5.74) is 0.821. The van der Waals surface area contributed by atoms with Gasteiger partial charge in [0.05, 0.1) is 0 Å². The van der Waals surface area contributed by atoms with Crippen molar-refractivity contribution in [2.75, 3.05) is 5.32 Å². The van der Waals surface area contributed by atoms with Gasteiger partial charge >= 0.3 is 0 Å². The quantitative estimate of drug-likeness (QED) is 0.790. The van der Waals surface area contributed by atoms with E-state index in [0.717, 1.165) is 5.69 Å². The highest BCUT2D eigenvalue weighted by Gasteiger charge is 1.96. The summed E-state index contributed by atoms with van der Waals surface area (Å²) in [6.07, 6.45) is 1.55. The molecule has 0 saturated carbocycles. The Labute approximate surface area is 94.8 Å². The molecule has 0 aliphatic rings. The molecule has 15 heavy (non-hydrogen) atoms. The second kappa shape index (κ2) is 6.30. The average molecular weight is 221 g/mol. The highest BCUT2D eigenvalue weighted by Crippen LogP contribution is 2.10. The molecule has 1 aromatic rings. The molecule has 0 heterocycles. The number of carbonyl (C=O) groups excluding carboxylic acids is 1. The van der Waals surface area contributed by atoms with Gasteiger partial charge < -0.3 is 5.32 Å². The first-order valence-electron chi connectivity index (χ1n) is 4.86. The smallest absolute Gasteiger partial charge is 0.248 e. The number of thioether (sulfide) groups is 1. The third-order valence-corrected chi connectivity index (χ3v) is 2.45. The minimum atomic E-state index is -0.0886. The summed E-state index contributed by atoms with van der Waals surface area (Å²) >= 11 is 1.63. The van der Waals surface area contributed by atoms with Gasteiger partial charge in [-0.25, -0.2) is 0 Å². The number of rotatable bonds is 4. The zero-order valence-corrected chi connectivity index (χ0v) is 9.75. The monoisotopic (exact) mass is 221 g/mol. The van der Waals surface area contributed by atoms with Crippen LogP contribution in [0.15, 0.2) is 41.8 Å². The van der Waals surface area contributed by atoms with Gasteiger partial charge in [-0.1, -0.05) is 32.0 Å². The Hall–Kier alpha value is -1.22. The number of para-hydroxylation sites is 1. The van der Waals surface area contributed by atoms with Crippen molar-refractivity contribution in [3.63, 3.8) is 0 Å². The van der Waals surface area contributed by atoms with Crippen molar-refractivity contribution >= 4 is 23.4 Å². The minimum Gasteiger partial charge on any atom is -0.322 e. The lowest BCUT2D eigenvalue weighted by molar-refractivity contribution is -0.111. The van der Waals surface area contributed by atoms with E-state index in [0.29, 0.717) is 5.25 Å². The molecule has 1 N–H and O–H groups in total. The topological polar surface area (TPSA) is 29.1 Å². The molecule has 0 saturated heterocycles. The molecule has 0 radical (unpaired) electrons. The molecule has 0 aliphatic heterocycles. The second-order valence-corrected chi connectivity index (χ2v) is 4.83. The van der Waals surface area contributed by atoms with Gasteiger partial charge in [0.25, 0.3) is 0 Å². The Balaban J connectivity index is 2.40. The molecule has 3 heteroatoms. The Bertz CT molecular complexity index is 333. The normalized spacial score (nSPS) is 10.9. The van der Waals surface area contributed by atoms with E-state index >= 15 is 0 Å². The number of amides is 1. The number of carbonyl (C=O) groups is 1. The first-order valence-corrected chi connectivity index (χ1v) is 5.81. The van der Waals surface area contributed by atoms with Gasteiger partial charge in [-0.3, -0.25) is 4.79 Å². The van der Waals surface area contributed by atoms with Crippen molar-refractivity contribution in [3.8, 4) is 0 Å². The zero-order chi connectivity index (χ0) is 11.1. The van der Waals surface area contributed by atoms with Gasteiger partial charge in [-0.05, 0) is 17.5 Å². The molecular formula is C12H15NOS. The predicted octanol–water partition coefficient (Wildman–Crippen LogP) is 3.28.